The lowest BCUT2D eigenvalue weighted by Crippen LogP contribution is -2.52. The van der Waals surface area contributed by atoms with E-state index in [1.54, 1.807) is 23.7 Å². The number of carbonyl (C=O) groups is 1. The second-order valence-corrected chi connectivity index (χ2v) is 11.4. The van der Waals surface area contributed by atoms with Gasteiger partial charge in [-0.1, -0.05) is 32.2 Å². The third-order valence-electron chi connectivity index (χ3n) is 6.17. The highest BCUT2D eigenvalue weighted by Gasteiger charge is 2.45. The Labute approximate surface area is 186 Å². The minimum Gasteiger partial charge on any atom is -0.494 e. The van der Waals surface area contributed by atoms with E-state index in [1.165, 1.54) is 6.42 Å². The van der Waals surface area contributed by atoms with Crippen molar-refractivity contribution < 1.29 is 19.4 Å². The van der Waals surface area contributed by atoms with Crippen LogP contribution < -0.4 is 0 Å². The number of rotatable bonds is 6. The van der Waals surface area contributed by atoms with E-state index in [0.717, 1.165) is 18.6 Å². The fourth-order valence-electron chi connectivity index (χ4n) is 3.45. The molecule has 0 radical (unpaired) electrons. The third-order valence-corrected chi connectivity index (χ3v) is 8.05. The second kappa shape index (κ2) is 9.51. The van der Waals surface area contributed by atoms with Crippen LogP contribution in [0.3, 0.4) is 0 Å². The van der Waals surface area contributed by atoms with Gasteiger partial charge in [-0.05, 0) is 52.9 Å². The molecule has 0 bridgehead atoms. The van der Waals surface area contributed by atoms with E-state index in [1.807, 2.05) is 20.8 Å². The molecule has 30 heavy (non-hydrogen) atoms. The molecule has 1 heterocycles. The van der Waals surface area contributed by atoms with E-state index in [2.05, 4.69) is 32.3 Å². The van der Waals surface area contributed by atoms with Gasteiger partial charge in [0, 0.05) is 33.0 Å². The predicted molar refractivity (Wildman–Crippen MR) is 124 cm³/mol. The Hall–Kier alpha value is -1.21. The Morgan fingerprint density at radius 1 is 1.23 bits per heavy atom. The minimum absolute atomic E-state index is 0.247. The highest BCUT2D eigenvalue weighted by molar-refractivity contribution is 8.15. The van der Waals surface area contributed by atoms with Crippen molar-refractivity contribution >= 4 is 22.9 Å². The average molecular weight is 441 g/mol. The lowest BCUT2D eigenvalue weighted by molar-refractivity contribution is -0.00118. The molecule has 1 aliphatic carbocycles. The Balaban J connectivity index is 2.06. The van der Waals surface area contributed by atoms with Gasteiger partial charge in [-0.15, -0.1) is 0 Å². The van der Waals surface area contributed by atoms with Crippen LogP contribution >= 0.6 is 11.8 Å². The van der Waals surface area contributed by atoms with Gasteiger partial charge in [-0.2, -0.15) is 0 Å². The van der Waals surface area contributed by atoms with Crippen LogP contribution in [0.2, 0.25) is 0 Å². The number of thioether (sulfide) groups is 1. The van der Waals surface area contributed by atoms with Gasteiger partial charge in [0.1, 0.15) is 22.0 Å². The fourth-order valence-corrected chi connectivity index (χ4v) is 4.74. The van der Waals surface area contributed by atoms with E-state index >= 15 is 0 Å². The maximum atomic E-state index is 12.4. The van der Waals surface area contributed by atoms with Gasteiger partial charge in [0.15, 0.2) is 0 Å². The molecule has 0 spiro atoms. The molecule has 2 aliphatic rings. The molecule has 1 atom stereocenters. The van der Waals surface area contributed by atoms with Crippen LogP contribution in [-0.2, 0) is 9.47 Å². The molecule has 1 aliphatic heterocycles. The Morgan fingerprint density at radius 3 is 2.20 bits per heavy atom. The minimum atomic E-state index is -1.06. The van der Waals surface area contributed by atoms with Gasteiger partial charge in [-0.25, -0.2) is 4.79 Å². The monoisotopic (exact) mass is 440 g/mol. The standard InChI is InChI=1S/C23H40N2O4S/c1-16(2)22(7,17(3)28-18-10-9-11-18)30-19(24-8)23(27)12-14-25(15-13-23)20(26)29-21(4,5)6/h16,18,27H,3,9-15H2,1-2,4-8H3/b24-19-/t22-/m1/s1. The van der Waals surface area contributed by atoms with Crippen molar-refractivity contribution in [2.24, 2.45) is 10.9 Å². The van der Waals surface area contributed by atoms with Crippen LogP contribution in [0.1, 0.15) is 73.6 Å². The van der Waals surface area contributed by atoms with Gasteiger partial charge in [0.2, 0.25) is 0 Å². The summed E-state index contributed by atoms with van der Waals surface area (Å²) in [7, 11) is 1.72. The first-order valence-corrected chi connectivity index (χ1v) is 11.8. The van der Waals surface area contributed by atoms with Crippen molar-refractivity contribution in [1.82, 2.24) is 4.90 Å². The quantitative estimate of drug-likeness (QED) is 0.357. The Bertz CT molecular complexity index is 659. The summed E-state index contributed by atoms with van der Waals surface area (Å²) in [4.78, 5) is 18.5. The molecule has 6 nitrogen and oxygen atoms in total. The number of nitrogens with zero attached hydrogens (tertiary/aromatic N) is 2. The van der Waals surface area contributed by atoms with Crippen molar-refractivity contribution in [3.8, 4) is 0 Å². The van der Waals surface area contributed by atoms with Gasteiger partial charge >= 0.3 is 6.09 Å². The van der Waals surface area contributed by atoms with Crippen molar-refractivity contribution in [1.29, 1.82) is 0 Å². The van der Waals surface area contributed by atoms with Gasteiger partial charge < -0.3 is 19.5 Å². The number of likely N-dealkylation sites (tertiary alicyclic amines) is 1. The molecule has 0 aromatic carbocycles. The molecule has 1 saturated heterocycles. The maximum Gasteiger partial charge on any atom is 0.410 e. The van der Waals surface area contributed by atoms with E-state index in [-0.39, 0.29) is 18.1 Å². The lowest BCUT2D eigenvalue weighted by Gasteiger charge is -2.43. The second-order valence-electron chi connectivity index (χ2n) is 9.99. The van der Waals surface area contributed by atoms with Crippen molar-refractivity contribution in [2.75, 3.05) is 20.1 Å². The number of aliphatic imine (C=N–C) groups is 1. The lowest BCUT2D eigenvalue weighted by atomic mass is 9.92. The average Bonchev–Trinajstić information content (AvgIpc) is 2.61. The van der Waals surface area contributed by atoms with Crippen LogP contribution in [0, 0.1) is 5.92 Å². The van der Waals surface area contributed by atoms with E-state index in [4.69, 9.17) is 9.47 Å². The smallest absolute Gasteiger partial charge is 0.410 e. The third kappa shape index (κ3) is 5.94. The molecule has 7 heteroatoms. The molecule has 0 aromatic heterocycles. The first-order chi connectivity index (χ1) is 13.8. The molecular formula is C23H40N2O4S. The van der Waals surface area contributed by atoms with E-state index in [9.17, 15) is 9.90 Å². The van der Waals surface area contributed by atoms with E-state index < -0.39 is 15.9 Å². The Morgan fingerprint density at radius 2 is 1.80 bits per heavy atom. The van der Waals surface area contributed by atoms with Crippen molar-refractivity contribution in [2.45, 2.75) is 95.7 Å². The van der Waals surface area contributed by atoms with Crippen LogP contribution in [0.5, 0.6) is 0 Å². The molecule has 172 valence electrons. The number of amides is 1. The largest absolute Gasteiger partial charge is 0.494 e. The van der Waals surface area contributed by atoms with Crippen LogP contribution in [-0.4, -0.2) is 63.3 Å². The van der Waals surface area contributed by atoms with Gasteiger partial charge in [0.25, 0.3) is 0 Å². The van der Waals surface area contributed by atoms with Crippen molar-refractivity contribution in [3.05, 3.63) is 12.3 Å². The summed E-state index contributed by atoms with van der Waals surface area (Å²) in [6, 6.07) is 0. The zero-order valence-corrected chi connectivity index (χ0v) is 20.6. The first-order valence-electron chi connectivity index (χ1n) is 11.0. The normalized spacial score (nSPS) is 22.3. The van der Waals surface area contributed by atoms with E-state index in [0.29, 0.717) is 31.0 Å². The summed E-state index contributed by atoms with van der Waals surface area (Å²) >= 11 is 1.55. The summed E-state index contributed by atoms with van der Waals surface area (Å²) in [5, 5.41) is 12.1. The molecule has 1 N–H and O–H groups in total. The summed E-state index contributed by atoms with van der Waals surface area (Å²) in [6.45, 7) is 17.1. The molecule has 0 aromatic rings. The summed E-state index contributed by atoms with van der Waals surface area (Å²) in [6.07, 6.45) is 4.15. The molecule has 0 unspecified atom stereocenters. The Kier molecular flexibility index (Phi) is 7.94. The van der Waals surface area contributed by atoms with Crippen LogP contribution in [0.15, 0.2) is 17.3 Å². The SMILES string of the molecule is C=C(OC1CCC1)[C@](C)(S/C(=N\C)C1(O)CCN(C(=O)OC(C)(C)C)CC1)C(C)C. The number of piperidine rings is 1. The number of hydrogen-bond acceptors (Lipinski definition) is 6. The topological polar surface area (TPSA) is 71.4 Å². The van der Waals surface area contributed by atoms with Gasteiger partial charge in [-0.3, -0.25) is 4.99 Å². The zero-order valence-electron chi connectivity index (χ0n) is 19.8. The molecule has 2 rings (SSSR count). The highest BCUT2D eigenvalue weighted by Crippen LogP contribution is 2.45. The molecule has 1 amide bonds. The fraction of sp³-hybridized carbons (Fsp3) is 0.826. The predicted octanol–water partition coefficient (Wildman–Crippen LogP) is 5.01. The van der Waals surface area contributed by atoms with Crippen molar-refractivity contribution in [3.63, 3.8) is 0 Å². The summed E-state index contributed by atoms with van der Waals surface area (Å²) in [5.41, 5.74) is -1.60. The number of aliphatic hydroxyl groups is 1. The molecular weight excluding hydrogens is 400 g/mol. The van der Waals surface area contributed by atoms with Crippen LogP contribution in [0.4, 0.5) is 4.79 Å². The molecule has 2 fully saturated rings. The highest BCUT2D eigenvalue weighted by atomic mass is 32.2. The van der Waals surface area contributed by atoms with Crippen LogP contribution in [0.25, 0.3) is 0 Å². The van der Waals surface area contributed by atoms with Gasteiger partial charge in [0.05, 0.1) is 10.9 Å². The summed E-state index contributed by atoms with van der Waals surface area (Å²) < 4.78 is 11.2. The molecule has 1 saturated carbocycles. The summed E-state index contributed by atoms with van der Waals surface area (Å²) in [5.74, 6) is 1.00. The first kappa shape index (κ1) is 25.1. The number of carbonyl (C=O) groups excluding carboxylic acids is 1. The zero-order chi connectivity index (χ0) is 22.7. The number of ether oxygens (including phenoxy) is 2. The number of hydrogen-bond donors (Lipinski definition) is 1. The maximum absolute atomic E-state index is 12.4.